The lowest BCUT2D eigenvalue weighted by Crippen LogP contribution is -2.49. The van der Waals surface area contributed by atoms with Crippen LogP contribution in [0.5, 0.6) is 0 Å². The molecule has 21 heavy (non-hydrogen) atoms. The first-order valence-electron chi connectivity index (χ1n) is 8.56. The largest absolute Gasteiger partial charge is 0.464 e. The molecule has 1 aromatic rings. The van der Waals surface area contributed by atoms with Gasteiger partial charge in [-0.15, -0.1) is 0 Å². The number of nitrogens with two attached hydrogens (primary N) is 1. The van der Waals surface area contributed by atoms with E-state index in [1.807, 2.05) is 0 Å². The summed E-state index contributed by atoms with van der Waals surface area (Å²) in [5, 5.41) is 0. The molecule has 0 bridgehead atoms. The Bertz CT molecular complexity index is 483. The van der Waals surface area contributed by atoms with Crippen molar-refractivity contribution < 1.29 is 4.42 Å². The third kappa shape index (κ3) is 2.91. The van der Waals surface area contributed by atoms with E-state index in [2.05, 4.69) is 44.7 Å². The molecule has 0 radical (unpaired) electrons. The van der Waals surface area contributed by atoms with Crippen LogP contribution in [0.2, 0.25) is 0 Å². The second-order valence-corrected chi connectivity index (χ2v) is 7.57. The van der Waals surface area contributed by atoms with Crippen molar-refractivity contribution in [2.75, 3.05) is 13.1 Å². The first kappa shape index (κ1) is 15.1. The zero-order chi connectivity index (χ0) is 15.1. The minimum absolute atomic E-state index is 0.230. The van der Waals surface area contributed by atoms with E-state index in [1.165, 1.54) is 18.6 Å². The van der Waals surface area contributed by atoms with Crippen molar-refractivity contribution in [3.05, 3.63) is 23.7 Å². The van der Waals surface area contributed by atoms with Crippen LogP contribution in [-0.4, -0.2) is 24.0 Å². The second-order valence-electron chi connectivity index (χ2n) is 7.57. The predicted octanol–water partition coefficient (Wildman–Crippen LogP) is 3.77. The van der Waals surface area contributed by atoms with Crippen LogP contribution < -0.4 is 5.73 Å². The Balaban J connectivity index is 1.78. The Morgan fingerprint density at radius 2 is 1.90 bits per heavy atom. The lowest BCUT2D eigenvalue weighted by Gasteiger charge is -2.44. The number of piperidine rings is 1. The topological polar surface area (TPSA) is 42.4 Å². The van der Waals surface area contributed by atoms with E-state index in [0.717, 1.165) is 30.1 Å². The van der Waals surface area contributed by atoms with E-state index in [1.54, 1.807) is 0 Å². The van der Waals surface area contributed by atoms with Crippen LogP contribution in [-0.2, 0) is 0 Å². The third-order valence-electron chi connectivity index (χ3n) is 5.72. The fourth-order valence-electron chi connectivity index (χ4n) is 4.05. The number of hydrogen-bond donors (Lipinski definition) is 1. The smallest absolute Gasteiger partial charge is 0.122 e. The maximum atomic E-state index is 6.18. The van der Waals surface area contributed by atoms with E-state index in [-0.39, 0.29) is 6.04 Å². The molecule has 3 heteroatoms. The van der Waals surface area contributed by atoms with Gasteiger partial charge in [-0.25, -0.2) is 0 Å². The fourth-order valence-corrected chi connectivity index (χ4v) is 4.05. The Kier molecular flexibility index (Phi) is 4.15. The molecule has 118 valence electrons. The molecule has 2 fully saturated rings. The minimum atomic E-state index is 0.230. The summed E-state index contributed by atoms with van der Waals surface area (Å²) in [5.74, 6) is 5.13. The molecule has 2 N–H and O–H groups in total. The maximum absolute atomic E-state index is 6.18. The van der Waals surface area contributed by atoms with Crippen molar-refractivity contribution >= 4 is 0 Å². The summed E-state index contributed by atoms with van der Waals surface area (Å²) in [6, 6.07) is 5.14. The summed E-state index contributed by atoms with van der Waals surface area (Å²) in [6.45, 7) is 11.1. The summed E-state index contributed by atoms with van der Waals surface area (Å²) < 4.78 is 6.18. The van der Waals surface area contributed by atoms with Gasteiger partial charge in [0, 0.05) is 25.0 Å². The van der Waals surface area contributed by atoms with Crippen LogP contribution in [0, 0.1) is 17.8 Å². The molecule has 1 aromatic heterocycles. The van der Waals surface area contributed by atoms with E-state index in [9.17, 15) is 0 Å². The molecule has 0 aromatic carbocycles. The number of nitrogens with zero attached hydrogens (tertiary/aromatic N) is 1. The summed E-state index contributed by atoms with van der Waals surface area (Å²) in [5.41, 5.74) is 6.12. The van der Waals surface area contributed by atoms with E-state index >= 15 is 0 Å². The molecule has 1 aliphatic heterocycles. The van der Waals surface area contributed by atoms with Crippen LogP contribution in [0.25, 0.3) is 0 Å². The highest BCUT2D eigenvalue weighted by Crippen LogP contribution is 2.48. The van der Waals surface area contributed by atoms with Crippen molar-refractivity contribution in [3.63, 3.8) is 0 Å². The minimum Gasteiger partial charge on any atom is -0.464 e. The molecule has 3 nitrogen and oxygen atoms in total. The number of rotatable bonds is 4. The van der Waals surface area contributed by atoms with Gasteiger partial charge in [0.05, 0.1) is 6.04 Å². The first-order chi connectivity index (χ1) is 10.0. The zero-order valence-electron chi connectivity index (χ0n) is 13.9. The van der Waals surface area contributed by atoms with E-state index < -0.39 is 0 Å². The molecule has 6 unspecified atom stereocenters. The lowest BCUT2D eigenvalue weighted by atomic mass is 9.84. The number of hydrogen-bond acceptors (Lipinski definition) is 3. The van der Waals surface area contributed by atoms with Gasteiger partial charge in [-0.1, -0.05) is 20.8 Å². The highest BCUT2D eigenvalue weighted by atomic mass is 16.3. The van der Waals surface area contributed by atoms with Crippen LogP contribution in [0.15, 0.2) is 16.5 Å². The van der Waals surface area contributed by atoms with Gasteiger partial charge in [-0.05, 0) is 49.7 Å². The molecule has 2 heterocycles. The van der Waals surface area contributed by atoms with Crippen molar-refractivity contribution in [1.82, 2.24) is 4.90 Å². The van der Waals surface area contributed by atoms with Gasteiger partial charge in [0.1, 0.15) is 11.5 Å². The molecule has 1 saturated heterocycles. The van der Waals surface area contributed by atoms with Crippen molar-refractivity contribution in [2.24, 2.45) is 23.5 Å². The van der Waals surface area contributed by atoms with E-state index in [0.29, 0.717) is 18.5 Å². The predicted molar refractivity (Wildman–Crippen MR) is 86.1 cm³/mol. The molecule has 0 amide bonds. The lowest BCUT2D eigenvalue weighted by molar-refractivity contribution is 0.0342. The van der Waals surface area contributed by atoms with Crippen LogP contribution in [0.3, 0.4) is 0 Å². The van der Waals surface area contributed by atoms with Crippen molar-refractivity contribution in [3.8, 4) is 0 Å². The molecular weight excluding hydrogens is 260 g/mol. The third-order valence-corrected chi connectivity index (χ3v) is 5.72. The zero-order valence-corrected chi connectivity index (χ0v) is 13.9. The summed E-state index contributed by atoms with van der Waals surface area (Å²) in [7, 11) is 0. The van der Waals surface area contributed by atoms with Crippen LogP contribution >= 0.6 is 0 Å². The van der Waals surface area contributed by atoms with Crippen LogP contribution in [0.4, 0.5) is 0 Å². The molecule has 0 spiro atoms. The quantitative estimate of drug-likeness (QED) is 0.918. The first-order valence-corrected chi connectivity index (χ1v) is 8.56. The summed E-state index contributed by atoms with van der Waals surface area (Å²) in [6.07, 6.45) is 2.59. The molecule has 2 aliphatic rings. The fraction of sp³-hybridized carbons (Fsp3) is 0.778. The van der Waals surface area contributed by atoms with Crippen LogP contribution in [0.1, 0.15) is 64.0 Å². The van der Waals surface area contributed by atoms with Gasteiger partial charge in [-0.3, -0.25) is 4.90 Å². The SMILES string of the molecule is CC1CC(C)C(C)N(C(CN)c2ccc(C3CC3C)o2)C1. The molecule has 1 saturated carbocycles. The highest BCUT2D eigenvalue weighted by Gasteiger charge is 2.38. The van der Waals surface area contributed by atoms with Gasteiger partial charge in [0.15, 0.2) is 0 Å². The van der Waals surface area contributed by atoms with Crippen molar-refractivity contribution in [2.45, 2.75) is 58.5 Å². The maximum Gasteiger partial charge on any atom is 0.122 e. The summed E-state index contributed by atoms with van der Waals surface area (Å²) >= 11 is 0. The molecule has 3 rings (SSSR count). The summed E-state index contributed by atoms with van der Waals surface area (Å²) in [4.78, 5) is 2.57. The monoisotopic (exact) mass is 290 g/mol. The molecule has 6 atom stereocenters. The van der Waals surface area contributed by atoms with Gasteiger partial charge >= 0.3 is 0 Å². The molecule has 1 aliphatic carbocycles. The van der Waals surface area contributed by atoms with Gasteiger partial charge in [0.2, 0.25) is 0 Å². The highest BCUT2D eigenvalue weighted by molar-refractivity contribution is 5.20. The standard InChI is InChI=1S/C18H30N2O/c1-11-7-12(2)14(4)20(10-11)16(9-19)18-6-5-17(21-18)15-8-13(15)3/h5-6,11-16H,7-10,19H2,1-4H3. The second kappa shape index (κ2) is 5.77. The Morgan fingerprint density at radius 1 is 1.19 bits per heavy atom. The normalized spacial score (nSPS) is 38.4. The van der Waals surface area contributed by atoms with Gasteiger partial charge < -0.3 is 10.2 Å². The van der Waals surface area contributed by atoms with Gasteiger partial charge in [-0.2, -0.15) is 0 Å². The van der Waals surface area contributed by atoms with Gasteiger partial charge in [0.25, 0.3) is 0 Å². The molecular formula is C18H30N2O. The average Bonchev–Trinajstić information content (AvgIpc) is 2.98. The van der Waals surface area contributed by atoms with E-state index in [4.69, 9.17) is 10.2 Å². The van der Waals surface area contributed by atoms with Crippen molar-refractivity contribution in [1.29, 1.82) is 0 Å². The Labute approximate surface area is 128 Å². The number of likely N-dealkylation sites (tertiary alicyclic amines) is 1. The Hall–Kier alpha value is -0.800. The number of furan rings is 1. The Morgan fingerprint density at radius 3 is 2.52 bits per heavy atom. The average molecular weight is 290 g/mol.